The van der Waals surface area contributed by atoms with Crippen LogP contribution in [0.5, 0.6) is 0 Å². The summed E-state index contributed by atoms with van der Waals surface area (Å²) < 4.78 is 7.66. The van der Waals surface area contributed by atoms with Gasteiger partial charge < -0.3 is 10.1 Å². The van der Waals surface area contributed by atoms with E-state index in [0.717, 1.165) is 41.9 Å². The Kier molecular flexibility index (Phi) is 4.59. The lowest BCUT2D eigenvalue weighted by Gasteiger charge is -2.31. The smallest absolute Gasteiger partial charge is 0.261 e. The topological polar surface area (TPSA) is 56.1 Å². The molecule has 1 saturated heterocycles. The Morgan fingerprint density at radius 3 is 3.18 bits per heavy atom. The largest absolute Gasteiger partial charge is 0.371 e. The first-order valence-electron chi connectivity index (χ1n) is 7.66. The summed E-state index contributed by atoms with van der Waals surface area (Å²) in [7, 11) is 1.89. The number of amides is 1. The van der Waals surface area contributed by atoms with Crippen LogP contribution >= 0.6 is 11.3 Å². The standard InChI is InChI=1S/C16H21N3O2S/c1-3-11-6-8-22-15(11)16(20)18-13-5-4-7-21-14(13)12-9-17-19(2)10-12/h6,8-10,13-14H,3-5,7H2,1-2H3,(H,18,20)/t13-,14+/m0/s1. The number of aryl methyl sites for hydroxylation is 2. The van der Waals surface area contributed by atoms with Crippen LogP contribution in [-0.2, 0) is 18.2 Å². The highest BCUT2D eigenvalue weighted by Gasteiger charge is 2.30. The van der Waals surface area contributed by atoms with Gasteiger partial charge in [-0.25, -0.2) is 0 Å². The van der Waals surface area contributed by atoms with E-state index in [1.54, 1.807) is 4.68 Å². The van der Waals surface area contributed by atoms with Gasteiger partial charge in [0.2, 0.25) is 0 Å². The highest BCUT2D eigenvalue weighted by atomic mass is 32.1. The average Bonchev–Trinajstić information content (AvgIpc) is 3.16. The molecule has 5 nitrogen and oxygen atoms in total. The minimum absolute atomic E-state index is 0.00254. The van der Waals surface area contributed by atoms with Crippen LogP contribution in [0.25, 0.3) is 0 Å². The number of hydrogen-bond donors (Lipinski definition) is 1. The molecule has 2 aromatic rings. The molecule has 0 unspecified atom stereocenters. The normalized spacial score (nSPS) is 21.7. The van der Waals surface area contributed by atoms with E-state index in [2.05, 4.69) is 17.3 Å². The molecule has 6 heteroatoms. The van der Waals surface area contributed by atoms with Crippen LogP contribution in [0.3, 0.4) is 0 Å². The number of carbonyl (C=O) groups is 1. The average molecular weight is 319 g/mol. The van der Waals surface area contributed by atoms with Crippen molar-refractivity contribution >= 4 is 17.2 Å². The highest BCUT2D eigenvalue weighted by Crippen LogP contribution is 2.29. The Balaban J connectivity index is 1.75. The van der Waals surface area contributed by atoms with Crippen molar-refractivity contribution in [1.29, 1.82) is 0 Å². The molecule has 22 heavy (non-hydrogen) atoms. The van der Waals surface area contributed by atoms with Crippen LogP contribution in [0.15, 0.2) is 23.8 Å². The van der Waals surface area contributed by atoms with Gasteiger partial charge in [-0.15, -0.1) is 11.3 Å². The van der Waals surface area contributed by atoms with Crippen LogP contribution in [0.1, 0.15) is 46.7 Å². The zero-order valence-corrected chi connectivity index (χ0v) is 13.7. The van der Waals surface area contributed by atoms with Crippen molar-refractivity contribution in [2.75, 3.05) is 6.61 Å². The van der Waals surface area contributed by atoms with Gasteiger partial charge in [0.25, 0.3) is 5.91 Å². The zero-order chi connectivity index (χ0) is 15.5. The predicted molar refractivity (Wildman–Crippen MR) is 86.1 cm³/mol. The number of ether oxygens (including phenoxy) is 1. The maximum absolute atomic E-state index is 12.6. The summed E-state index contributed by atoms with van der Waals surface area (Å²) in [5.41, 5.74) is 2.13. The molecule has 1 aliphatic heterocycles. The molecule has 2 aromatic heterocycles. The second-order valence-electron chi connectivity index (χ2n) is 5.59. The van der Waals surface area contributed by atoms with E-state index in [1.807, 2.05) is 30.9 Å². The lowest BCUT2D eigenvalue weighted by Crippen LogP contribution is -2.42. The molecule has 1 fully saturated rings. The van der Waals surface area contributed by atoms with Gasteiger partial charge in [-0.05, 0) is 36.3 Å². The van der Waals surface area contributed by atoms with Gasteiger partial charge >= 0.3 is 0 Å². The fraction of sp³-hybridized carbons (Fsp3) is 0.500. The van der Waals surface area contributed by atoms with Crippen molar-refractivity contribution in [2.45, 2.75) is 38.3 Å². The summed E-state index contributed by atoms with van der Waals surface area (Å²) in [6, 6.07) is 2.02. The van der Waals surface area contributed by atoms with Crippen molar-refractivity contribution in [2.24, 2.45) is 7.05 Å². The van der Waals surface area contributed by atoms with Gasteiger partial charge in [-0.1, -0.05) is 6.92 Å². The molecule has 0 spiro atoms. The fourth-order valence-corrected chi connectivity index (χ4v) is 3.79. The number of hydrogen-bond acceptors (Lipinski definition) is 4. The van der Waals surface area contributed by atoms with E-state index in [9.17, 15) is 4.79 Å². The molecule has 0 radical (unpaired) electrons. The molecule has 0 aliphatic carbocycles. The first-order chi connectivity index (χ1) is 10.7. The van der Waals surface area contributed by atoms with E-state index < -0.39 is 0 Å². The summed E-state index contributed by atoms with van der Waals surface area (Å²) in [5, 5.41) is 9.35. The van der Waals surface area contributed by atoms with E-state index >= 15 is 0 Å². The van der Waals surface area contributed by atoms with Gasteiger partial charge in [0.15, 0.2) is 0 Å². The van der Waals surface area contributed by atoms with Crippen molar-refractivity contribution in [3.63, 3.8) is 0 Å². The minimum Gasteiger partial charge on any atom is -0.371 e. The molecule has 0 aromatic carbocycles. The SMILES string of the molecule is CCc1ccsc1C(=O)N[C@H]1CCCO[C@@H]1c1cnn(C)c1. The van der Waals surface area contributed by atoms with Gasteiger partial charge in [0.05, 0.1) is 17.1 Å². The van der Waals surface area contributed by atoms with Gasteiger partial charge in [-0.2, -0.15) is 5.10 Å². The molecule has 1 amide bonds. The Labute approximate surface area is 134 Å². The Morgan fingerprint density at radius 1 is 1.59 bits per heavy atom. The number of nitrogens with one attached hydrogen (secondary N) is 1. The van der Waals surface area contributed by atoms with Crippen LogP contribution in [0.2, 0.25) is 0 Å². The van der Waals surface area contributed by atoms with Gasteiger partial charge in [-0.3, -0.25) is 9.48 Å². The lowest BCUT2D eigenvalue weighted by atomic mass is 9.98. The second kappa shape index (κ2) is 6.62. The molecule has 118 valence electrons. The number of carbonyl (C=O) groups excluding carboxylic acids is 1. The summed E-state index contributed by atoms with van der Waals surface area (Å²) in [4.78, 5) is 13.4. The third-order valence-electron chi connectivity index (χ3n) is 4.03. The highest BCUT2D eigenvalue weighted by molar-refractivity contribution is 7.12. The van der Waals surface area contributed by atoms with Gasteiger partial charge in [0, 0.05) is 25.4 Å². The van der Waals surface area contributed by atoms with Crippen molar-refractivity contribution in [1.82, 2.24) is 15.1 Å². The Morgan fingerprint density at radius 2 is 2.45 bits per heavy atom. The van der Waals surface area contributed by atoms with Gasteiger partial charge in [0.1, 0.15) is 6.10 Å². The van der Waals surface area contributed by atoms with Crippen LogP contribution < -0.4 is 5.32 Å². The maximum atomic E-state index is 12.6. The van der Waals surface area contributed by atoms with Crippen LogP contribution in [-0.4, -0.2) is 28.3 Å². The zero-order valence-electron chi connectivity index (χ0n) is 12.9. The summed E-state index contributed by atoms with van der Waals surface area (Å²) >= 11 is 1.50. The lowest BCUT2D eigenvalue weighted by molar-refractivity contribution is -0.00946. The maximum Gasteiger partial charge on any atom is 0.261 e. The Bertz CT molecular complexity index is 649. The fourth-order valence-electron chi connectivity index (χ4n) is 2.89. The number of aromatic nitrogens is 2. The van der Waals surface area contributed by atoms with Crippen LogP contribution in [0, 0.1) is 0 Å². The van der Waals surface area contributed by atoms with E-state index in [1.165, 1.54) is 11.3 Å². The van der Waals surface area contributed by atoms with Crippen molar-refractivity contribution in [3.8, 4) is 0 Å². The third-order valence-corrected chi connectivity index (χ3v) is 4.98. The first-order valence-corrected chi connectivity index (χ1v) is 8.54. The molecular formula is C16H21N3O2S. The number of rotatable bonds is 4. The molecule has 3 heterocycles. The summed E-state index contributed by atoms with van der Waals surface area (Å²) in [6.07, 6.45) is 6.43. The second-order valence-corrected chi connectivity index (χ2v) is 6.51. The minimum atomic E-state index is -0.114. The molecule has 2 atom stereocenters. The van der Waals surface area contributed by atoms with E-state index in [-0.39, 0.29) is 18.1 Å². The van der Waals surface area contributed by atoms with Crippen molar-refractivity contribution in [3.05, 3.63) is 39.8 Å². The Hall–Kier alpha value is -1.66. The number of nitrogens with zero attached hydrogens (tertiary/aromatic N) is 2. The first kappa shape index (κ1) is 15.2. The molecular weight excluding hydrogens is 298 g/mol. The van der Waals surface area contributed by atoms with Crippen molar-refractivity contribution < 1.29 is 9.53 Å². The quantitative estimate of drug-likeness (QED) is 0.942. The van der Waals surface area contributed by atoms with E-state index in [0.29, 0.717) is 0 Å². The third kappa shape index (κ3) is 3.08. The monoisotopic (exact) mass is 319 g/mol. The molecule has 1 aliphatic rings. The predicted octanol–water partition coefficient (Wildman–Crippen LogP) is 2.69. The van der Waals surface area contributed by atoms with Crippen LogP contribution in [0.4, 0.5) is 0 Å². The molecule has 3 rings (SSSR count). The molecule has 0 saturated carbocycles. The van der Waals surface area contributed by atoms with E-state index in [4.69, 9.17) is 4.74 Å². The number of thiophene rings is 1. The summed E-state index contributed by atoms with van der Waals surface area (Å²) in [6.45, 7) is 2.80. The molecule has 1 N–H and O–H groups in total. The molecule has 0 bridgehead atoms. The summed E-state index contributed by atoms with van der Waals surface area (Å²) in [5.74, 6) is 0.0104.